The maximum Gasteiger partial charge on any atom is 0.305 e. The van der Waals surface area contributed by atoms with E-state index >= 15 is 0 Å². The third-order valence-corrected chi connectivity index (χ3v) is 4.48. The summed E-state index contributed by atoms with van der Waals surface area (Å²) in [5, 5.41) is 11.9. The number of amides is 1. The molecule has 0 saturated carbocycles. The Kier molecular flexibility index (Phi) is 8.00. The fourth-order valence-electron chi connectivity index (χ4n) is 2.49. The lowest BCUT2D eigenvalue weighted by atomic mass is 10.0. The average Bonchev–Trinajstić information content (AvgIpc) is 2.67. The van der Waals surface area contributed by atoms with E-state index in [0.29, 0.717) is 18.1 Å². The molecule has 0 aliphatic carbocycles. The van der Waals surface area contributed by atoms with E-state index < -0.39 is 17.9 Å². The molecule has 7 heteroatoms. The zero-order valence-electron chi connectivity index (χ0n) is 15.3. The number of carbonyl (C=O) groups excluding carboxylic acids is 1. The van der Waals surface area contributed by atoms with E-state index in [9.17, 15) is 9.59 Å². The van der Waals surface area contributed by atoms with Crippen LogP contribution >= 0.6 is 11.8 Å². The van der Waals surface area contributed by atoms with Gasteiger partial charge in [-0.3, -0.25) is 9.59 Å². The molecule has 0 aliphatic rings. The number of carboxylic acids is 1. The molecule has 1 amide bonds. The van der Waals surface area contributed by atoms with Gasteiger partial charge in [0.15, 0.2) is 18.1 Å². The van der Waals surface area contributed by atoms with Crippen molar-refractivity contribution in [1.82, 2.24) is 5.32 Å². The smallest absolute Gasteiger partial charge is 0.305 e. The summed E-state index contributed by atoms with van der Waals surface area (Å²) in [5.74, 6) is -0.366. The molecule has 2 aromatic rings. The van der Waals surface area contributed by atoms with Gasteiger partial charge in [-0.05, 0) is 43.0 Å². The number of carboxylic acid groups (broad SMARTS) is 1. The van der Waals surface area contributed by atoms with Crippen molar-refractivity contribution in [1.29, 1.82) is 0 Å². The first-order chi connectivity index (χ1) is 13.0. The molecule has 2 aromatic carbocycles. The summed E-state index contributed by atoms with van der Waals surface area (Å²) in [6, 6.07) is 13.9. The molecule has 1 atom stereocenters. The monoisotopic (exact) mass is 389 g/mol. The number of ether oxygens (including phenoxy) is 2. The number of hydrogen-bond donors (Lipinski definition) is 2. The Balaban J connectivity index is 2.02. The summed E-state index contributed by atoms with van der Waals surface area (Å²) in [6.45, 7) is 2.12. The maximum absolute atomic E-state index is 12.3. The Hall–Kier alpha value is -2.67. The molecule has 2 rings (SSSR count). The Morgan fingerprint density at radius 2 is 1.70 bits per heavy atom. The molecule has 1 unspecified atom stereocenters. The zero-order valence-corrected chi connectivity index (χ0v) is 16.1. The molecule has 2 N–H and O–H groups in total. The summed E-state index contributed by atoms with van der Waals surface area (Å²) < 4.78 is 11.0. The molecule has 0 radical (unpaired) electrons. The SMILES string of the molecule is CCOc1ccccc1OCC(=O)NC(CC(=O)O)c1ccc(SC)cc1. The van der Waals surface area contributed by atoms with Gasteiger partial charge in [0.25, 0.3) is 5.91 Å². The molecule has 6 nitrogen and oxygen atoms in total. The molecule has 0 saturated heterocycles. The lowest BCUT2D eigenvalue weighted by Crippen LogP contribution is -2.33. The predicted octanol–water partition coefficient (Wildman–Crippen LogP) is 3.52. The quantitative estimate of drug-likeness (QED) is 0.605. The van der Waals surface area contributed by atoms with Crippen LogP contribution in [0.25, 0.3) is 0 Å². The third-order valence-electron chi connectivity index (χ3n) is 3.74. The topological polar surface area (TPSA) is 84.9 Å². The molecule has 0 fully saturated rings. The van der Waals surface area contributed by atoms with Gasteiger partial charge in [0, 0.05) is 4.90 Å². The van der Waals surface area contributed by atoms with Crippen molar-refractivity contribution >= 4 is 23.6 Å². The van der Waals surface area contributed by atoms with Crippen LogP contribution in [0.15, 0.2) is 53.4 Å². The minimum atomic E-state index is -0.989. The van der Waals surface area contributed by atoms with Crippen molar-refractivity contribution in [2.45, 2.75) is 24.3 Å². The molecule has 0 heterocycles. The van der Waals surface area contributed by atoms with E-state index in [1.807, 2.05) is 43.5 Å². The molecule has 27 heavy (non-hydrogen) atoms. The number of thioether (sulfide) groups is 1. The molecule has 0 aromatic heterocycles. The van der Waals surface area contributed by atoms with Gasteiger partial charge in [-0.25, -0.2) is 0 Å². The minimum absolute atomic E-state index is 0.208. The van der Waals surface area contributed by atoms with Crippen LogP contribution in [-0.4, -0.2) is 36.5 Å². The second-order valence-corrected chi connectivity index (χ2v) is 6.54. The van der Waals surface area contributed by atoms with Crippen molar-refractivity contribution in [3.05, 3.63) is 54.1 Å². The summed E-state index contributed by atoms with van der Waals surface area (Å²) in [5.41, 5.74) is 0.735. The van der Waals surface area contributed by atoms with Crippen molar-refractivity contribution in [3.8, 4) is 11.5 Å². The fraction of sp³-hybridized carbons (Fsp3) is 0.300. The van der Waals surface area contributed by atoms with Crippen molar-refractivity contribution < 1.29 is 24.2 Å². The Morgan fingerprint density at radius 3 is 2.26 bits per heavy atom. The third kappa shape index (κ3) is 6.53. The fourth-order valence-corrected chi connectivity index (χ4v) is 2.89. The van der Waals surface area contributed by atoms with E-state index in [2.05, 4.69) is 5.32 Å². The van der Waals surface area contributed by atoms with Gasteiger partial charge in [-0.1, -0.05) is 24.3 Å². The minimum Gasteiger partial charge on any atom is -0.490 e. The van der Waals surface area contributed by atoms with Crippen LogP contribution in [0.2, 0.25) is 0 Å². The number of benzene rings is 2. The maximum atomic E-state index is 12.3. The molecular formula is C20H23NO5S. The first-order valence-electron chi connectivity index (χ1n) is 8.53. The second kappa shape index (κ2) is 10.5. The predicted molar refractivity (Wildman–Crippen MR) is 104 cm³/mol. The standard InChI is InChI=1S/C20H23NO5S/c1-3-25-17-6-4-5-7-18(17)26-13-19(22)21-16(12-20(23)24)14-8-10-15(27-2)11-9-14/h4-11,16H,3,12-13H2,1-2H3,(H,21,22)(H,23,24). The van der Waals surface area contributed by atoms with Crippen LogP contribution in [0, 0.1) is 0 Å². The lowest BCUT2D eigenvalue weighted by molar-refractivity contribution is -0.137. The Labute approximate surface area is 162 Å². The van der Waals surface area contributed by atoms with Gasteiger partial charge in [-0.15, -0.1) is 11.8 Å². The summed E-state index contributed by atoms with van der Waals surface area (Å²) in [7, 11) is 0. The lowest BCUT2D eigenvalue weighted by Gasteiger charge is -2.18. The molecule has 0 bridgehead atoms. The number of carbonyl (C=O) groups is 2. The molecule has 144 valence electrons. The van der Waals surface area contributed by atoms with E-state index in [-0.39, 0.29) is 13.0 Å². The van der Waals surface area contributed by atoms with Crippen molar-refractivity contribution in [3.63, 3.8) is 0 Å². The van der Waals surface area contributed by atoms with E-state index in [0.717, 1.165) is 10.5 Å². The van der Waals surface area contributed by atoms with Crippen LogP contribution < -0.4 is 14.8 Å². The number of hydrogen-bond acceptors (Lipinski definition) is 5. The summed E-state index contributed by atoms with van der Waals surface area (Å²) in [4.78, 5) is 24.5. The van der Waals surface area contributed by atoms with Gasteiger partial charge in [0.05, 0.1) is 19.1 Å². The van der Waals surface area contributed by atoms with Crippen LogP contribution in [0.1, 0.15) is 24.9 Å². The van der Waals surface area contributed by atoms with E-state index in [1.54, 1.807) is 30.0 Å². The largest absolute Gasteiger partial charge is 0.490 e. The number of nitrogens with one attached hydrogen (secondary N) is 1. The highest BCUT2D eigenvalue weighted by atomic mass is 32.2. The van der Waals surface area contributed by atoms with Crippen LogP contribution in [-0.2, 0) is 9.59 Å². The Morgan fingerprint density at radius 1 is 1.07 bits per heavy atom. The van der Waals surface area contributed by atoms with Gasteiger partial charge in [0.2, 0.25) is 0 Å². The zero-order chi connectivity index (χ0) is 19.6. The first-order valence-corrected chi connectivity index (χ1v) is 9.75. The van der Waals surface area contributed by atoms with Crippen molar-refractivity contribution in [2.24, 2.45) is 0 Å². The number of aliphatic carboxylic acids is 1. The first kappa shape index (κ1) is 20.6. The molecule has 0 aliphatic heterocycles. The van der Waals surface area contributed by atoms with Crippen LogP contribution in [0.5, 0.6) is 11.5 Å². The summed E-state index contributed by atoms with van der Waals surface area (Å²) >= 11 is 1.59. The van der Waals surface area contributed by atoms with E-state index in [1.165, 1.54) is 0 Å². The average molecular weight is 389 g/mol. The number of para-hydroxylation sites is 2. The highest BCUT2D eigenvalue weighted by molar-refractivity contribution is 7.98. The van der Waals surface area contributed by atoms with Crippen molar-refractivity contribution in [2.75, 3.05) is 19.5 Å². The van der Waals surface area contributed by atoms with Gasteiger partial charge >= 0.3 is 5.97 Å². The highest BCUT2D eigenvalue weighted by Gasteiger charge is 2.19. The second-order valence-electron chi connectivity index (χ2n) is 5.66. The van der Waals surface area contributed by atoms with Crippen LogP contribution in [0.3, 0.4) is 0 Å². The highest BCUT2D eigenvalue weighted by Crippen LogP contribution is 2.26. The normalized spacial score (nSPS) is 11.5. The van der Waals surface area contributed by atoms with Gasteiger partial charge < -0.3 is 19.9 Å². The van der Waals surface area contributed by atoms with Crippen LogP contribution in [0.4, 0.5) is 0 Å². The van der Waals surface area contributed by atoms with Gasteiger partial charge in [0.1, 0.15) is 0 Å². The molecule has 0 spiro atoms. The van der Waals surface area contributed by atoms with E-state index in [4.69, 9.17) is 14.6 Å². The summed E-state index contributed by atoms with van der Waals surface area (Å²) in [6.07, 6.45) is 1.75. The number of rotatable bonds is 10. The Bertz CT molecular complexity index is 763. The van der Waals surface area contributed by atoms with Gasteiger partial charge in [-0.2, -0.15) is 0 Å². The molecular weight excluding hydrogens is 366 g/mol.